The minimum absolute atomic E-state index is 0. The SMILES string of the molecule is CCN(C[C@H](O)COc1ccc(-c2nc(-c3cccs3)c[nH]2)cc1C)c1ccc(OC)c(OC)c1.Cl.Cl.O. The number of aliphatic hydroxyl groups excluding tert-OH is 1. The largest absolute Gasteiger partial charge is 0.493 e. The van der Waals surface area contributed by atoms with Gasteiger partial charge in [-0.25, -0.2) is 4.98 Å². The van der Waals surface area contributed by atoms with E-state index in [1.165, 1.54) is 0 Å². The molecule has 2 aromatic carbocycles. The predicted octanol–water partition coefficient (Wildman–Crippen LogP) is 5.42. The van der Waals surface area contributed by atoms with Crippen molar-refractivity contribution in [1.82, 2.24) is 9.97 Å². The van der Waals surface area contributed by atoms with Gasteiger partial charge in [-0.1, -0.05) is 6.07 Å². The predicted molar refractivity (Wildman–Crippen MR) is 159 cm³/mol. The Hall–Kier alpha value is -2.95. The molecule has 4 rings (SSSR count). The number of hydrogen-bond acceptors (Lipinski definition) is 7. The second kappa shape index (κ2) is 15.5. The second-order valence-corrected chi connectivity index (χ2v) is 9.08. The number of H-pyrrole nitrogens is 1. The van der Waals surface area contributed by atoms with Crippen molar-refractivity contribution in [2.24, 2.45) is 0 Å². The average molecular weight is 585 g/mol. The first-order chi connectivity index (χ1) is 17.0. The molecule has 0 bridgehead atoms. The van der Waals surface area contributed by atoms with Crippen molar-refractivity contribution < 1.29 is 24.8 Å². The molecule has 11 heteroatoms. The molecule has 1 atom stereocenters. The molecule has 4 aromatic rings. The normalized spacial score (nSPS) is 10.9. The van der Waals surface area contributed by atoms with E-state index in [9.17, 15) is 5.11 Å². The standard InChI is InChI=1S/C27H31N3O4S.2ClH.H2O/c1-5-30(20-9-11-24(32-3)25(14-20)33-4)16-21(31)17-34-23-10-8-19(13-18(23)2)27-28-15-22(29-27)26-7-6-12-35-26;;;/h6-15,21,31H,5,16-17H2,1-4H3,(H,28,29);2*1H;1H2/t21-;;;/m0.../s1. The quantitative estimate of drug-likeness (QED) is 0.244. The topological polar surface area (TPSA) is 111 Å². The Balaban J connectivity index is 0.00000241. The van der Waals surface area contributed by atoms with Crippen LogP contribution in [0.15, 0.2) is 60.1 Å². The molecule has 0 spiro atoms. The fourth-order valence-electron chi connectivity index (χ4n) is 3.91. The van der Waals surface area contributed by atoms with Crippen molar-refractivity contribution >= 4 is 41.8 Å². The number of nitrogens with zero attached hydrogens (tertiary/aromatic N) is 2. The van der Waals surface area contributed by atoms with Gasteiger partial charge in [0.2, 0.25) is 0 Å². The van der Waals surface area contributed by atoms with E-state index < -0.39 is 6.10 Å². The zero-order valence-electron chi connectivity index (χ0n) is 21.8. The maximum absolute atomic E-state index is 10.7. The average Bonchev–Trinajstić information content (AvgIpc) is 3.58. The number of benzene rings is 2. The maximum Gasteiger partial charge on any atom is 0.162 e. The molecule has 0 saturated carbocycles. The van der Waals surface area contributed by atoms with E-state index in [-0.39, 0.29) is 36.9 Å². The third-order valence-corrected chi connectivity index (χ3v) is 6.67. The molecule has 2 aromatic heterocycles. The summed E-state index contributed by atoms with van der Waals surface area (Å²) in [6.45, 7) is 5.40. The van der Waals surface area contributed by atoms with Crippen molar-refractivity contribution in [3.05, 3.63) is 65.7 Å². The van der Waals surface area contributed by atoms with E-state index >= 15 is 0 Å². The van der Waals surface area contributed by atoms with E-state index in [1.54, 1.807) is 25.6 Å². The van der Waals surface area contributed by atoms with Crippen LogP contribution in [-0.2, 0) is 0 Å². The van der Waals surface area contributed by atoms with Gasteiger partial charge in [0.1, 0.15) is 24.3 Å². The Morgan fingerprint density at radius 2 is 1.76 bits per heavy atom. The van der Waals surface area contributed by atoms with Crippen LogP contribution in [0.3, 0.4) is 0 Å². The van der Waals surface area contributed by atoms with Crippen molar-refractivity contribution in [1.29, 1.82) is 0 Å². The molecule has 0 aliphatic rings. The summed E-state index contributed by atoms with van der Waals surface area (Å²) in [5, 5.41) is 12.7. The lowest BCUT2D eigenvalue weighted by molar-refractivity contribution is 0.112. The molecule has 0 radical (unpaired) electrons. The second-order valence-electron chi connectivity index (χ2n) is 8.13. The van der Waals surface area contributed by atoms with Gasteiger partial charge in [-0.05, 0) is 61.2 Å². The number of aromatic nitrogens is 2. The molecule has 38 heavy (non-hydrogen) atoms. The van der Waals surface area contributed by atoms with Crippen LogP contribution in [0.4, 0.5) is 5.69 Å². The van der Waals surface area contributed by atoms with Crippen LogP contribution in [-0.4, -0.2) is 60.6 Å². The van der Waals surface area contributed by atoms with Crippen LogP contribution in [0.25, 0.3) is 22.0 Å². The van der Waals surface area contributed by atoms with Crippen molar-refractivity contribution in [3.63, 3.8) is 0 Å². The lowest BCUT2D eigenvalue weighted by Gasteiger charge is -2.26. The summed E-state index contributed by atoms with van der Waals surface area (Å²) in [6.07, 6.45) is 1.26. The highest BCUT2D eigenvalue weighted by atomic mass is 35.5. The van der Waals surface area contributed by atoms with Crippen LogP contribution in [0.1, 0.15) is 12.5 Å². The number of aliphatic hydroxyl groups is 1. The van der Waals surface area contributed by atoms with Crippen molar-refractivity contribution in [2.45, 2.75) is 20.0 Å². The van der Waals surface area contributed by atoms with E-state index in [0.717, 1.165) is 45.5 Å². The number of thiophene rings is 1. The Kier molecular flexibility index (Phi) is 13.5. The summed E-state index contributed by atoms with van der Waals surface area (Å²) in [4.78, 5) is 11.2. The molecular weight excluding hydrogens is 549 g/mol. The Morgan fingerprint density at radius 3 is 2.39 bits per heavy atom. The summed E-state index contributed by atoms with van der Waals surface area (Å²) in [5.74, 6) is 2.89. The highest BCUT2D eigenvalue weighted by Gasteiger charge is 2.15. The summed E-state index contributed by atoms with van der Waals surface area (Å²) < 4.78 is 16.7. The number of anilines is 1. The van der Waals surface area contributed by atoms with Crippen LogP contribution < -0.4 is 19.1 Å². The molecule has 0 aliphatic heterocycles. The van der Waals surface area contributed by atoms with Crippen LogP contribution in [0, 0.1) is 6.92 Å². The summed E-state index contributed by atoms with van der Waals surface area (Å²) in [7, 11) is 3.23. The van der Waals surface area contributed by atoms with Gasteiger partial charge in [0.15, 0.2) is 11.5 Å². The van der Waals surface area contributed by atoms with Crippen molar-refractivity contribution in [2.75, 3.05) is 38.8 Å². The summed E-state index contributed by atoms with van der Waals surface area (Å²) >= 11 is 1.67. The molecule has 208 valence electrons. The smallest absolute Gasteiger partial charge is 0.162 e. The number of halogens is 2. The number of ether oxygens (including phenoxy) is 3. The number of nitrogens with one attached hydrogen (secondary N) is 1. The first kappa shape index (κ1) is 33.1. The fourth-order valence-corrected chi connectivity index (χ4v) is 4.60. The lowest BCUT2D eigenvalue weighted by Crippen LogP contribution is -2.35. The van der Waals surface area contributed by atoms with Gasteiger partial charge in [0.25, 0.3) is 0 Å². The fraction of sp³-hybridized carbons (Fsp3) is 0.296. The summed E-state index contributed by atoms with van der Waals surface area (Å²) in [6, 6.07) is 15.8. The van der Waals surface area contributed by atoms with Gasteiger partial charge >= 0.3 is 0 Å². The summed E-state index contributed by atoms with van der Waals surface area (Å²) in [5.41, 5.74) is 3.86. The third kappa shape index (κ3) is 7.78. The molecule has 8 nitrogen and oxygen atoms in total. The van der Waals surface area contributed by atoms with Gasteiger partial charge in [0, 0.05) is 36.6 Å². The van der Waals surface area contributed by atoms with Gasteiger partial charge in [-0.2, -0.15) is 0 Å². The van der Waals surface area contributed by atoms with Gasteiger partial charge in [-0.3, -0.25) is 0 Å². The number of imidazole rings is 1. The molecule has 0 fully saturated rings. The van der Waals surface area contributed by atoms with Crippen LogP contribution in [0.5, 0.6) is 17.2 Å². The Bertz CT molecular complexity index is 1250. The molecule has 2 heterocycles. The molecule has 0 unspecified atom stereocenters. The van der Waals surface area contributed by atoms with E-state index in [2.05, 4.69) is 16.0 Å². The van der Waals surface area contributed by atoms with Gasteiger partial charge in [0.05, 0.1) is 24.8 Å². The zero-order chi connectivity index (χ0) is 24.8. The molecular formula is C27H35Cl2N3O5S. The molecule has 4 N–H and O–H groups in total. The number of likely N-dealkylation sites (N-methyl/N-ethyl adjacent to an activating group) is 1. The number of methoxy groups -OCH3 is 2. The monoisotopic (exact) mass is 583 g/mol. The minimum Gasteiger partial charge on any atom is -0.493 e. The number of aromatic amines is 1. The lowest BCUT2D eigenvalue weighted by atomic mass is 10.1. The number of aryl methyl sites for hydroxylation is 1. The molecule has 0 aliphatic carbocycles. The van der Waals surface area contributed by atoms with E-state index in [1.807, 2.05) is 67.9 Å². The highest BCUT2D eigenvalue weighted by molar-refractivity contribution is 7.13. The van der Waals surface area contributed by atoms with E-state index in [0.29, 0.717) is 18.0 Å². The van der Waals surface area contributed by atoms with Gasteiger partial charge < -0.3 is 34.7 Å². The number of rotatable bonds is 11. The molecule has 0 saturated heterocycles. The minimum atomic E-state index is -0.666. The van der Waals surface area contributed by atoms with Crippen LogP contribution >= 0.6 is 36.2 Å². The van der Waals surface area contributed by atoms with Crippen LogP contribution in [0.2, 0.25) is 0 Å². The van der Waals surface area contributed by atoms with E-state index in [4.69, 9.17) is 19.2 Å². The Labute approximate surface area is 239 Å². The Morgan fingerprint density at radius 1 is 1.03 bits per heavy atom. The first-order valence-electron chi connectivity index (χ1n) is 11.5. The molecule has 0 amide bonds. The number of hydrogen-bond donors (Lipinski definition) is 2. The highest BCUT2D eigenvalue weighted by Crippen LogP contribution is 2.32. The van der Waals surface area contributed by atoms with Gasteiger partial charge in [-0.15, -0.1) is 36.2 Å². The zero-order valence-corrected chi connectivity index (χ0v) is 24.2. The maximum atomic E-state index is 10.7. The third-order valence-electron chi connectivity index (χ3n) is 5.78. The first-order valence-corrected chi connectivity index (χ1v) is 12.4. The van der Waals surface area contributed by atoms with Crippen molar-refractivity contribution in [3.8, 4) is 39.2 Å².